The topological polar surface area (TPSA) is 66.5 Å². The standard InChI is InChI=1S/C25H45NO2/c1-4-7-8-9-10-11-12-13-14-15-18-21-19-16-17-20-22(21)25(26,23(27)5-2)24(28)6-3/h16-17,19-20,23-24,27-28H,4-15,18,26H2,1-3H3. The first kappa shape index (κ1) is 25.1. The van der Waals surface area contributed by atoms with Crippen LogP contribution in [0.15, 0.2) is 24.3 Å². The Kier molecular flexibility index (Phi) is 12.7. The van der Waals surface area contributed by atoms with Crippen molar-refractivity contribution in [2.75, 3.05) is 0 Å². The number of aryl methyl sites for hydroxylation is 1. The minimum Gasteiger partial charge on any atom is -0.391 e. The first-order valence-corrected chi connectivity index (χ1v) is 11.8. The van der Waals surface area contributed by atoms with Crippen LogP contribution in [-0.4, -0.2) is 22.4 Å². The van der Waals surface area contributed by atoms with Crippen molar-refractivity contribution in [2.24, 2.45) is 5.73 Å². The highest BCUT2D eigenvalue weighted by molar-refractivity contribution is 5.36. The van der Waals surface area contributed by atoms with Crippen LogP contribution in [0.25, 0.3) is 0 Å². The second kappa shape index (κ2) is 14.1. The van der Waals surface area contributed by atoms with E-state index in [1.54, 1.807) is 0 Å². The third-order valence-electron chi connectivity index (χ3n) is 6.16. The third kappa shape index (κ3) is 7.50. The molecule has 28 heavy (non-hydrogen) atoms. The summed E-state index contributed by atoms with van der Waals surface area (Å²) in [7, 11) is 0. The van der Waals surface area contributed by atoms with Crippen molar-refractivity contribution in [3.63, 3.8) is 0 Å². The van der Waals surface area contributed by atoms with Crippen molar-refractivity contribution in [3.8, 4) is 0 Å². The van der Waals surface area contributed by atoms with Gasteiger partial charge in [-0.2, -0.15) is 0 Å². The SMILES string of the molecule is CCCCCCCCCCCCc1ccccc1C(N)(C(O)CC)C(O)CC. The highest BCUT2D eigenvalue weighted by Crippen LogP contribution is 2.33. The zero-order valence-electron chi connectivity index (χ0n) is 18.6. The highest BCUT2D eigenvalue weighted by Gasteiger charge is 2.41. The van der Waals surface area contributed by atoms with Gasteiger partial charge >= 0.3 is 0 Å². The van der Waals surface area contributed by atoms with Gasteiger partial charge in [-0.25, -0.2) is 0 Å². The second-order valence-electron chi connectivity index (χ2n) is 8.37. The van der Waals surface area contributed by atoms with Crippen LogP contribution in [0.2, 0.25) is 0 Å². The van der Waals surface area contributed by atoms with Crippen molar-refractivity contribution in [1.29, 1.82) is 0 Å². The van der Waals surface area contributed by atoms with Gasteiger partial charge in [0.05, 0.1) is 17.7 Å². The Balaban J connectivity index is 2.55. The van der Waals surface area contributed by atoms with Gasteiger partial charge in [0, 0.05) is 0 Å². The average Bonchev–Trinajstić information content (AvgIpc) is 2.73. The number of aliphatic hydroxyl groups excluding tert-OH is 2. The Morgan fingerprint density at radius 1 is 0.750 bits per heavy atom. The summed E-state index contributed by atoms with van der Waals surface area (Å²) >= 11 is 0. The maximum Gasteiger partial charge on any atom is 0.0937 e. The van der Waals surface area contributed by atoms with E-state index >= 15 is 0 Å². The molecule has 2 unspecified atom stereocenters. The molecule has 0 aromatic heterocycles. The maximum atomic E-state index is 10.6. The number of nitrogens with two attached hydrogens (primary N) is 1. The molecule has 0 bridgehead atoms. The minimum absolute atomic E-state index is 0.528. The van der Waals surface area contributed by atoms with E-state index < -0.39 is 17.7 Å². The molecule has 0 saturated heterocycles. The van der Waals surface area contributed by atoms with Crippen LogP contribution in [0.3, 0.4) is 0 Å². The Bertz CT molecular complexity index is 507. The van der Waals surface area contributed by atoms with Gasteiger partial charge < -0.3 is 15.9 Å². The number of rotatable bonds is 16. The Labute approximate surface area is 173 Å². The van der Waals surface area contributed by atoms with Gasteiger partial charge in [-0.05, 0) is 36.8 Å². The Morgan fingerprint density at radius 2 is 1.21 bits per heavy atom. The maximum absolute atomic E-state index is 10.6. The van der Waals surface area contributed by atoms with Gasteiger partial charge in [0.15, 0.2) is 0 Å². The minimum atomic E-state index is -1.10. The van der Waals surface area contributed by atoms with E-state index in [0.29, 0.717) is 12.8 Å². The van der Waals surface area contributed by atoms with E-state index in [1.165, 1.54) is 63.4 Å². The molecule has 0 radical (unpaired) electrons. The molecule has 2 atom stereocenters. The molecular formula is C25H45NO2. The van der Waals surface area contributed by atoms with Crippen molar-refractivity contribution in [3.05, 3.63) is 35.4 Å². The molecule has 1 rings (SSSR count). The summed E-state index contributed by atoms with van der Waals surface area (Å²) in [6.07, 6.45) is 13.7. The summed E-state index contributed by atoms with van der Waals surface area (Å²) < 4.78 is 0. The summed E-state index contributed by atoms with van der Waals surface area (Å²) in [5.41, 5.74) is 7.63. The summed E-state index contributed by atoms with van der Waals surface area (Å²) in [5.74, 6) is 0. The molecule has 0 amide bonds. The summed E-state index contributed by atoms with van der Waals surface area (Å²) in [5, 5.41) is 21.2. The lowest BCUT2D eigenvalue weighted by molar-refractivity contribution is -0.0175. The summed E-state index contributed by atoms with van der Waals surface area (Å²) in [6, 6.07) is 8.09. The molecule has 0 aliphatic carbocycles. The molecular weight excluding hydrogens is 346 g/mol. The van der Waals surface area contributed by atoms with Crippen LogP contribution in [0, 0.1) is 0 Å². The number of benzene rings is 1. The van der Waals surface area contributed by atoms with Gasteiger partial charge in [0.25, 0.3) is 0 Å². The molecule has 1 aromatic rings. The second-order valence-corrected chi connectivity index (χ2v) is 8.37. The number of hydrogen-bond donors (Lipinski definition) is 3. The van der Waals surface area contributed by atoms with Gasteiger partial charge in [-0.3, -0.25) is 0 Å². The van der Waals surface area contributed by atoms with E-state index in [0.717, 1.165) is 18.4 Å². The zero-order valence-corrected chi connectivity index (χ0v) is 18.6. The molecule has 0 fully saturated rings. The largest absolute Gasteiger partial charge is 0.391 e. The van der Waals surface area contributed by atoms with Gasteiger partial charge in [-0.15, -0.1) is 0 Å². The number of unbranched alkanes of at least 4 members (excludes halogenated alkanes) is 9. The van der Waals surface area contributed by atoms with Crippen molar-refractivity contribution in [1.82, 2.24) is 0 Å². The van der Waals surface area contributed by atoms with Crippen LogP contribution >= 0.6 is 0 Å². The Hall–Kier alpha value is -0.900. The fraction of sp³-hybridized carbons (Fsp3) is 0.760. The van der Waals surface area contributed by atoms with Crippen molar-refractivity contribution in [2.45, 2.75) is 122 Å². The van der Waals surface area contributed by atoms with Gasteiger partial charge in [0.1, 0.15) is 0 Å². The number of aliphatic hydroxyl groups is 2. The molecule has 0 aliphatic rings. The lowest BCUT2D eigenvalue weighted by Crippen LogP contribution is -2.56. The Morgan fingerprint density at radius 3 is 1.71 bits per heavy atom. The van der Waals surface area contributed by atoms with E-state index in [4.69, 9.17) is 5.73 Å². The van der Waals surface area contributed by atoms with Crippen molar-refractivity contribution >= 4 is 0 Å². The van der Waals surface area contributed by atoms with Gasteiger partial charge in [-0.1, -0.05) is 103 Å². The van der Waals surface area contributed by atoms with E-state index in [1.807, 2.05) is 32.0 Å². The quantitative estimate of drug-likeness (QED) is 0.310. The third-order valence-corrected chi connectivity index (χ3v) is 6.16. The smallest absolute Gasteiger partial charge is 0.0937 e. The molecule has 162 valence electrons. The monoisotopic (exact) mass is 391 g/mol. The molecule has 0 aliphatic heterocycles. The van der Waals surface area contributed by atoms with E-state index in [-0.39, 0.29) is 0 Å². The first-order valence-electron chi connectivity index (χ1n) is 11.8. The lowest BCUT2D eigenvalue weighted by atomic mass is 9.75. The fourth-order valence-corrected chi connectivity index (χ4v) is 4.22. The van der Waals surface area contributed by atoms with Crippen LogP contribution in [0.1, 0.15) is 109 Å². The summed E-state index contributed by atoms with van der Waals surface area (Å²) in [6.45, 7) is 6.10. The molecule has 1 aromatic carbocycles. The highest BCUT2D eigenvalue weighted by atomic mass is 16.3. The molecule has 3 heteroatoms. The van der Waals surface area contributed by atoms with Crippen LogP contribution in [0.4, 0.5) is 0 Å². The summed E-state index contributed by atoms with van der Waals surface area (Å²) in [4.78, 5) is 0. The van der Waals surface area contributed by atoms with Crippen LogP contribution in [0.5, 0.6) is 0 Å². The van der Waals surface area contributed by atoms with Gasteiger partial charge in [0.2, 0.25) is 0 Å². The molecule has 0 spiro atoms. The number of hydrogen-bond acceptors (Lipinski definition) is 3. The first-order chi connectivity index (χ1) is 13.5. The lowest BCUT2D eigenvalue weighted by Gasteiger charge is -2.39. The van der Waals surface area contributed by atoms with Crippen LogP contribution < -0.4 is 5.73 Å². The average molecular weight is 392 g/mol. The normalized spacial score (nSPS) is 15.9. The molecule has 3 nitrogen and oxygen atoms in total. The van der Waals surface area contributed by atoms with E-state index in [2.05, 4.69) is 13.0 Å². The molecule has 0 saturated carbocycles. The zero-order chi connectivity index (χ0) is 20.8. The van der Waals surface area contributed by atoms with Crippen LogP contribution in [-0.2, 0) is 12.0 Å². The molecule has 4 N–H and O–H groups in total. The van der Waals surface area contributed by atoms with Crippen molar-refractivity contribution < 1.29 is 10.2 Å². The van der Waals surface area contributed by atoms with E-state index in [9.17, 15) is 10.2 Å². The molecule has 0 heterocycles. The predicted octanol–water partition coefficient (Wildman–Crippen LogP) is 5.85. The fourth-order valence-electron chi connectivity index (χ4n) is 4.22. The predicted molar refractivity (Wildman–Crippen MR) is 120 cm³/mol.